The van der Waals surface area contributed by atoms with E-state index in [0.717, 1.165) is 11.1 Å². The molecule has 2 rings (SSSR count). The van der Waals surface area contributed by atoms with Gasteiger partial charge < -0.3 is 20.9 Å². The first-order valence-electron chi connectivity index (χ1n) is 7.87. The predicted molar refractivity (Wildman–Crippen MR) is 109 cm³/mol. The summed E-state index contributed by atoms with van der Waals surface area (Å²) in [7, 11) is 1.37. The van der Waals surface area contributed by atoms with E-state index in [0.29, 0.717) is 22.9 Å². The summed E-state index contributed by atoms with van der Waals surface area (Å²) in [5, 5.41) is 1.36. The zero-order valence-corrected chi connectivity index (χ0v) is 15.8. The largest absolute Gasteiger partial charge is 0.495 e. The SMILES string of the molecule is COc1ccc(/C=C\C(=O)NS(=O)/C=C/c2ccc(OC)c(N)c2)cc1N. The number of anilines is 2. The van der Waals surface area contributed by atoms with Gasteiger partial charge in [0.1, 0.15) is 22.5 Å². The summed E-state index contributed by atoms with van der Waals surface area (Å²) >= 11 is 0. The summed E-state index contributed by atoms with van der Waals surface area (Å²) in [6.45, 7) is 0. The van der Waals surface area contributed by atoms with Crippen molar-refractivity contribution in [3.8, 4) is 11.5 Å². The molecule has 2 aromatic carbocycles. The average Bonchev–Trinajstić information content (AvgIpc) is 2.65. The van der Waals surface area contributed by atoms with Crippen LogP contribution in [0.1, 0.15) is 11.1 Å². The molecule has 0 radical (unpaired) electrons. The number of carbonyl (C=O) groups is 1. The molecule has 0 saturated heterocycles. The standard InChI is InChI=1S/C19H21N3O4S/c1-25-17-6-3-13(11-15(17)20)5-8-19(23)22-27(24)10-9-14-4-7-18(26-2)16(21)12-14/h3-12H,20-21H2,1-2H3,(H,22,23)/b8-5-,10-9+. The molecule has 7 nitrogen and oxygen atoms in total. The number of methoxy groups -OCH3 is 2. The first-order chi connectivity index (χ1) is 12.9. The minimum atomic E-state index is -1.68. The zero-order chi connectivity index (χ0) is 19.8. The Bertz CT molecular complexity index is 836. The van der Waals surface area contributed by atoms with Crippen molar-refractivity contribution in [1.29, 1.82) is 0 Å². The zero-order valence-electron chi connectivity index (χ0n) is 15.0. The maximum atomic E-state index is 11.9. The van der Waals surface area contributed by atoms with Crippen molar-refractivity contribution < 1.29 is 18.5 Å². The first-order valence-corrected chi connectivity index (χ1v) is 9.08. The summed E-state index contributed by atoms with van der Waals surface area (Å²) in [6, 6.07) is 10.3. The highest BCUT2D eigenvalue weighted by molar-refractivity contribution is 7.86. The van der Waals surface area contributed by atoms with E-state index in [2.05, 4.69) is 4.72 Å². The second-order valence-corrected chi connectivity index (χ2v) is 6.47. The van der Waals surface area contributed by atoms with Crippen LogP contribution in [0.4, 0.5) is 11.4 Å². The monoisotopic (exact) mass is 387 g/mol. The third kappa shape index (κ3) is 5.89. The van der Waals surface area contributed by atoms with E-state index in [1.807, 2.05) is 0 Å². The van der Waals surface area contributed by atoms with Gasteiger partial charge in [0, 0.05) is 11.5 Å². The molecule has 0 heterocycles. The Morgan fingerprint density at radius 2 is 1.48 bits per heavy atom. The molecule has 1 amide bonds. The van der Waals surface area contributed by atoms with Crippen LogP contribution in [-0.4, -0.2) is 24.3 Å². The number of nitrogen functional groups attached to an aromatic ring is 2. The summed E-state index contributed by atoms with van der Waals surface area (Å²) in [4.78, 5) is 11.9. The Labute approximate surface area is 160 Å². The van der Waals surface area contributed by atoms with E-state index < -0.39 is 16.9 Å². The highest BCUT2D eigenvalue weighted by Crippen LogP contribution is 2.23. The van der Waals surface area contributed by atoms with Gasteiger partial charge in [-0.3, -0.25) is 9.52 Å². The third-order valence-electron chi connectivity index (χ3n) is 3.52. The van der Waals surface area contributed by atoms with Crippen LogP contribution >= 0.6 is 0 Å². The molecular weight excluding hydrogens is 366 g/mol. The van der Waals surface area contributed by atoms with Crippen molar-refractivity contribution in [3.63, 3.8) is 0 Å². The second kappa shape index (κ2) is 9.44. The van der Waals surface area contributed by atoms with Gasteiger partial charge in [0.05, 0.1) is 25.6 Å². The Hall–Kier alpha value is -3.26. The number of rotatable bonds is 7. The van der Waals surface area contributed by atoms with Gasteiger partial charge >= 0.3 is 0 Å². The Morgan fingerprint density at radius 3 is 1.96 bits per heavy atom. The molecule has 8 heteroatoms. The summed E-state index contributed by atoms with van der Waals surface area (Å²) in [5.74, 6) is 0.620. The number of amides is 1. The molecule has 5 N–H and O–H groups in total. The Kier molecular flexibility index (Phi) is 7.01. The molecule has 27 heavy (non-hydrogen) atoms. The molecule has 0 bridgehead atoms. The van der Waals surface area contributed by atoms with Gasteiger partial charge in [-0.25, -0.2) is 4.21 Å². The fraction of sp³-hybridized carbons (Fsp3) is 0.105. The number of hydrogen-bond donors (Lipinski definition) is 3. The lowest BCUT2D eigenvalue weighted by Crippen LogP contribution is -2.21. The van der Waals surface area contributed by atoms with Crippen molar-refractivity contribution in [2.24, 2.45) is 0 Å². The van der Waals surface area contributed by atoms with Gasteiger partial charge in [0.25, 0.3) is 5.91 Å². The molecule has 2 aromatic rings. The van der Waals surface area contributed by atoms with Gasteiger partial charge in [-0.15, -0.1) is 0 Å². The molecule has 0 aliphatic heterocycles. The number of hydrogen-bond acceptors (Lipinski definition) is 6. The molecule has 0 aliphatic rings. The maximum Gasteiger partial charge on any atom is 0.255 e. The fourth-order valence-corrected chi connectivity index (χ4v) is 2.81. The van der Waals surface area contributed by atoms with Gasteiger partial charge in [-0.05, 0) is 47.5 Å². The van der Waals surface area contributed by atoms with Crippen molar-refractivity contribution >= 4 is 40.4 Å². The van der Waals surface area contributed by atoms with E-state index in [1.165, 1.54) is 25.7 Å². The number of carbonyl (C=O) groups excluding carboxylic acids is 1. The Morgan fingerprint density at radius 1 is 0.963 bits per heavy atom. The molecule has 0 aliphatic carbocycles. The molecule has 0 fully saturated rings. The quantitative estimate of drug-likeness (QED) is 0.496. The van der Waals surface area contributed by atoms with Crippen molar-refractivity contribution in [3.05, 3.63) is 59.0 Å². The molecular formula is C19H21N3O4S. The van der Waals surface area contributed by atoms with Crippen LogP contribution in [0.15, 0.2) is 47.9 Å². The Balaban J connectivity index is 1.94. The number of nitrogens with two attached hydrogens (primary N) is 2. The summed E-state index contributed by atoms with van der Waals surface area (Å²) < 4.78 is 24.4. The van der Waals surface area contributed by atoms with Crippen LogP contribution in [0.5, 0.6) is 11.5 Å². The smallest absolute Gasteiger partial charge is 0.255 e. The van der Waals surface area contributed by atoms with Gasteiger partial charge in [0.2, 0.25) is 0 Å². The van der Waals surface area contributed by atoms with E-state index in [9.17, 15) is 9.00 Å². The topological polar surface area (TPSA) is 117 Å². The minimum Gasteiger partial charge on any atom is -0.495 e. The highest BCUT2D eigenvalue weighted by atomic mass is 32.2. The number of ether oxygens (including phenoxy) is 2. The maximum absolute atomic E-state index is 11.9. The van der Waals surface area contributed by atoms with Crippen LogP contribution < -0.4 is 25.7 Å². The number of nitrogens with one attached hydrogen (secondary N) is 1. The van der Waals surface area contributed by atoms with Crippen molar-refractivity contribution in [1.82, 2.24) is 4.72 Å². The van der Waals surface area contributed by atoms with E-state index in [1.54, 1.807) is 48.6 Å². The highest BCUT2D eigenvalue weighted by Gasteiger charge is 2.02. The van der Waals surface area contributed by atoms with E-state index in [4.69, 9.17) is 20.9 Å². The van der Waals surface area contributed by atoms with Crippen LogP contribution in [-0.2, 0) is 15.8 Å². The lowest BCUT2D eigenvalue weighted by Gasteiger charge is -2.04. The van der Waals surface area contributed by atoms with Crippen LogP contribution in [0.25, 0.3) is 12.2 Å². The van der Waals surface area contributed by atoms with Gasteiger partial charge in [0.15, 0.2) is 0 Å². The fourth-order valence-electron chi connectivity index (χ4n) is 2.19. The van der Waals surface area contributed by atoms with Crippen molar-refractivity contribution in [2.75, 3.05) is 25.7 Å². The van der Waals surface area contributed by atoms with Crippen LogP contribution in [0.3, 0.4) is 0 Å². The van der Waals surface area contributed by atoms with Gasteiger partial charge in [-0.2, -0.15) is 0 Å². The molecule has 0 aromatic heterocycles. The molecule has 0 spiro atoms. The van der Waals surface area contributed by atoms with E-state index >= 15 is 0 Å². The lowest BCUT2D eigenvalue weighted by molar-refractivity contribution is -0.114. The summed E-state index contributed by atoms with van der Waals surface area (Å²) in [5.41, 5.74) is 14.0. The van der Waals surface area contributed by atoms with Crippen molar-refractivity contribution in [2.45, 2.75) is 0 Å². The van der Waals surface area contributed by atoms with Gasteiger partial charge in [-0.1, -0.05) is 12.1 Å². The second-order valence-electron chi connectivity index (χ2n) is 5.40. The summed E-state index contributed by atoms with van der Waals surface area (Å²) in [6.07, 6.45) is 4.44. The van der Waals surface area contributed by atoms with Crippen LogP contribution in [0, 0.1) is 0 Å². The average molecular weight is 387 g/mol. The normalized spacial score (nSPS) is 12.2. The lowest BCUT2D eigenvalue weighted by atomic mass is 10.2. The molecule has 1 atom stereocenters. The first kappa shape index (κ1) is 20.1. The van der Waals surface area contributed by atoms with E-state index in [-0.39, 0.29) is 0 Å². The molecule has 142 valence electrons. The van der Waals surface area contributed by atoms with Crippen LogP contribution in [0.2, 0.25) is 0 Å². The third-order valence-corrected chi connectivity index (χ3v) is 4.31. The predicted octanol–water partition coefficient (Wildman–Crippen LogP) is 2.33. The number of benzene rings is 2. The molecule has 0 saturated carbocycles. The molecule has 1 unspecified atom stereocenters. The minimum absolute atomic E-state index is 0.463.